The molecule has 0 N–H and O–H groups in total. The number of benzene rings is 2. The van der Waals surface area contributed by atoms with E-state index >= 15 is 0 Å². The van der Waals surface area contributed by atoms with E-state index in [1.807, 2.05) is 35.7 Å². The molecule has 0 aliphatic carbocycles. The molecule has 0 saturated heterocycles. The van der Waals surface area contributed by atoms with Crippen molar-refractivity contribution < 1.29 is 4.74 Å². The number of rotatable bonds is 2. The lowest BCUT2D eigenvalue weighted by Gasteiger charge is -2.09. The van der Waals surface area contributed by atoms with Crippen molar-refractivity contribution in [3.63, 3.8) is 0 Å². The van der Waals surface area contributed by atoms with Crippen molar-refractivity contribution in [1.82, 2.24) is 9.97 Å². The van der Waals surface area contributed by atoms with E-state index in [9.17, 15) is 0 Å². The molecule has 4 rings (SSSR count). The highest BCUT2D eigenvalue weighted by Gasteiger charge is 2.11. The molecule has 5 heteroatoms. The zero-order valence-electron chi connectivity index (χ0n) is 10.8. The number of fused-ring (bicyclic) bond motifs is 2. The summed E-state index contributed by atoms with van der Waals surface area (Å²) in [6.07, 6.45) is 1.53. The van der Waals surface area contributed by atoms with Gasteiger partial charge in [0.2, 0.25) is 5.88 Å². The first-order valence-electron chi connectivity index (χ1n) is 6.36. The Bertz CT molecular complexity index is 951. The van der Waals surface area contributed by atoms with Gasteiger partial charge in [-0.15, -0.1) is 11.3 Å². The maximum absolute atomic E-state index is 6.00. The molecule has 4 aromatic rings. The Morgan fingerprint density at radius 3 is 2.86 bits per heavy atom. The van der Waals surface area contributed by atoms with Crippen LogP contribution >= 0.6 is 27.3 Å². The van der Waals surface area contributed by atoms with Crippen molar-refractivity contribution in [2.75, 3.05) is 0 Å². The Labute approximate surface area is 133 Å². The normalized spacial score (nSPS) is 11.1. The number of nitrogens with zero attached hydrogens (tertiary/aromatic N) is 2. The van der Waals surface area contributed by atoms with Crippen molar-refractivity contribution in [3.8, 4) is 11.6 Å². The summed E-state index contributed by atoms with van der Waals surface area (Å²) < 4.78 is 7.89. The number of aromatic nitrogens is 2. The van der Waals surface area contributed by atoms with Crippen molar-refractivity contribution >= 4 is 48.3 Å². The molecule has 0 saturated carbocycles. The summed E-state index contributed by atoms with van der Waals surface area (Å²) in [5, 5.41) is 4.27. The summed E-state index contributed by atoms with van der Waals surface area (Å²) in [6.45, 7) is 0. The molecule has 0 amide bonds. The number of ether oxygens (including phenoxy) is 1. The molecule has 3 nitrogen and oxygen atoms in total. The second-order valence-electron chi connectivity index (χ2n) is 4.51. The minimum Gasteiger partial charge on any atom is -0.436 e. The molecular weight excluding hydrogens is 348 g/mol. The number of thiophene rings is 1. The lowest BCUT2D eigenvalue weighted by atomic mass is 10.1. The lowest BCUT2D eigenvalue weighted by molar-refractivity contribution is 0.467. The predicted octanol–water partition coefficient (Wildman–Crippen LogP) is 5.40. The van der Waals surface area contributed by atoms with Crippen LogP contribution in [0.4, 0.5) is 0 Å². The van der Waals surface area contributed by atoms with Gasteiger partial charge in [-0.25, -0.2) is 9.97 Å². The first kappa shape index (κ1) is 12.7. The fraction of sp³-hybridized carbons (Fsp3) is 0. The Hall–Kier alpha value is -1.98. The average molecular weight is 357 g/mol. The maximum Gasteiger partial charge on any atom is 0.240 e. The van der Waals surface area contributed by atoms with E-state index in [0.717, 1.165) is 25.8 Å². The van der Waals surface area contributed by atoms with Gasteiger partial charge in [0.25, 0.3) is 0 Å². The highest BCUT2D eigenvalue weighted by molar-refractivity contribution is 9.10. The largest absolute Gasteiger partial charge is 0.436 e. The third-order valence-electron chi connectivity index (χ3n) is 3.24. The summed E-state index contributed by atoms with van der Waals surface area (Å²) >= 11 is 5.21. The van der Waals surface area contributed by atoms with Gasteiger partial charge in [0.15, 0.2) is 0 Å². The van der Waals surface area contributed by atoms with Crippen molar-refractivity contribution in [3.05, 3.63) is 58.6 Å². The monoisotopic (exact) mass is 356 g/mol. The van der Waals surface area contributed by atoms with E-state index < -0.39 is 0 Å². The Kier molecular flexibility index (Phi) is 3.09. The molecule has 0 atom stereocenters. The van der Waals surface area contributed by atoms with E-state index in [4.69, 9.17) is 4.74 Å². The highest BCUT2D eigenvalue weighted by atomic mass is 79.9. The second-order valence-corrected chi connectivity index (χ2v) is 6.22. The summed E-state index contributed by atoms with van der Waals surface area (Å²) in [4.78, 5) is 8.48. The van der Waals surface area contributed by atoms with E-state index in [1.54, 1.807) is 11.3 Å². The van der Waals surface area contributed by atoms with Crippen LogP contribution in [0.25, 0.3) is 21.0 Å². The predicted molar refractivity (Wildman–Crippen MR) is 89.1 cm³/mol. The Morgan fingerprint density at radius 1 is 1.00 bits per heavy atom. The lowest BCUT2D eigenvalue weighted by Crippen LogP contribution is -1.90. The molecule has 0 unspecified atom stereocenters. The summed E-state index contributed by atoms with van der Waals surface area (Å²) in [5.74, 6) is 1.34. The van der Waals surface area contributed by atoms with Crippen LogP contribution < -0.4 is 4.74 Å². The number of hydrogen-bond donors (Lipinski definition) is 0. The van der Waals surface area contributed by atoms with E-state index in [1.165, 1.54) is 11.7 Å². The number of hydrogen-bond acceptors (Lipinski definition) is 4. The van der Waals surface area contributed by atoms with Crippen LogP contribution in [0, 0.1) is 0 Å². The molecule has 2 heterocycles. The Balaban J connectivity index is 1.84. The van der Waals surface area contributed by atoms with Gasteiger partial charge in [0, 0.05) is 0 Å². The van der Waals surface area contributed by atoms with Crippen molar-refractivity contribution in [2.24, 2.45) is 0 Å². The third-order valence-corrected chi connectivity index (χ3v) is 4.95. The van der Waals surface area contributed by atoms with Gasteiger partial charge in [-0.3, -0.25) is 0 Å². The van der Waals surface area contributed by atoms with Gasteiger partial charge in [-0.1, -0.05) is 30.3 Å². The molecule has 0 spiro atoms. The highest BCUT2D eigenvalue weighted by Crippen LogP contribution is 2.37. The molecule has 2 aromatic heterocycles. The van der Waals surface area contributed by atoms with Crippen molar-refractivity contribution in [2.45, 2.75) is 0 Å². The quantitative estimate of drug-likeness (QED) is 0.482. The van der Waals surface area contributed by atoms with E-state index in [-0.39, 0.29) is 0 Å². The van der Waals surface area contributed by atoms with Crippen LogP contribution in [-0.4, -0.2) is 9.97 Å². The SMILES string of the molecule is Brc1c(Oc2ncnc3ccsc23)ccc2ccccc12. The van der Waals surface area contributed by atoms with Crippen LogP contribution in [0.3, 0.4) is 0 Å². The van der Waals surface area contributed by atoms with Gasteiger partial charge in [-0.05, 0) is 44.2 Å². The molecular formula is C16H9BrN2OS. The van der Waals surface area contributed by atoms with Gasteiger partial charge in [-0.2, -0.15) is 0 Å². The van der Waals surface area contributed by atoms with E-state index in [2.05, 4.69) is 38.0 Å². The average Bonchev–Trinajstić information content (AvgIpc) is 3.00. The first-order valence-corrected chi connectivity index (χ1v) is 8.03. The molecule has 0 radical (unpaired) electrons. The first-order chi connectivity index (χ1) is 10.3. The van der Waals surface area contributed by atoms with Gasteiger partial charge in [0.1, 0.15) is 16.8 Å². The van der Waals surface area contributed by atoms with Crippen LogP contribution in [0.1, 0.15) is 0 Å². The van der Waals surface area contributed by atoms with Crippen molar-refractivity contribution in [1.29, 1.82) is 0 Å². The molecule has 0 fully saturated rings. The minimum absolute atomic E-state index is 0.589. The Morgan fingerprint density at radius 2 is 1.90 bits per heavy atom. The zero-order valence-corrected chi connectivity index (χ0v) is 13.2. The smallest absolute Gasteiger partial charge is 0.240 e. The molecule has 0 aliphatic rings. The molecule has 0 aliphatic heterocycles. The fourth-order valence-electron chi connectivity index (χ4n) is 2.24. The van der Waals surface area contributed by atoms with Crippen LogP contribution in [-0.2, 0) is 0 Å². The second kappa shape index (κ2) is 5.09. The van der Waals surface area contributed by atoms with Gasteiger partial charge in [0.05, 0.1) is 9.99 Å². The fourth-order valence-corrected chi connectivity index (χ4v) is 3.58. The molecule has 21 heavy (non-hydrogen) atoms. The third kappa shape index (κ3) is 2.18. The van der Waals surface area contributed by atoms with Gasteiger partial charge < -0.3 is 4.74 Å². The van der Waals surface area contributed by atoms with Crippen LogP contribution in [0.15, 0.2) is 58.6 Å². The van der Waals surface area contributed by atoms with Gasteiger partial charge >= 0.3 is 0 Å². The molecule has 2 aromatic carbocycles. The summed E-state index contributed by atoms with van der Waals surface area (Å²) in [5.41, 5.74) is 0.905. The summed E-state index contributed by atoms with van der Waals surface area (Å²) in [6, 6.07) is 14.1. The number of halogens is 1. The van der Waals surface area contributed by atoms with Crippen LogP contribution in [0.2, 0.25) is 0 Å². The standard InChI is InChI=1S/C16H9BrN2OS/c17-14-11-4-2-1-3-10(11)5-6-13(14)20-16-15-12(7-8-21-15)18-9-19-16/h1-9H. The maximum atomic E-state index is 6.00. The summed E-state index contributed by atoms with van der Waals surface area (Å²) in [7, 11) is 0. The zero-order chi connectivity index (χ0) is 14.2. The molecule has 0 bridgehead atoms. The van der Waals surface area contributed by atoms with E-state index in [0.29, 0.717) is 5.88 Å². The topological polar surface area (TPSA) is 35.0 Å². The molecule has 102 valence electrons. The minimum atomic E-state index is 0.589. The van der Waals surface area contributed by atoms with Crippen LogP contribution in [0.5, 0.6) is 11.6 Å².